The van der Waals surface area contributed by atoms with Crippen LogP contribution in [0.25, 0.3) is 0 Å². The van der Waals surface area contributed by atoms with Gasteiger partial charge in [-0.3, -0.25) is 9.59 Å². The summed E-state index contributed by atoms with van der Waals surface area (Å²) in [7, 11) is 2.74. The number of aromatic hydroxyl groups is 1. The number of hydrogen-bond donors (Lipinski definition) is 1. The van der Waals surface area contributed by atoms with Gasteiger partial charge in [0.1, 0.15) is 0 Å². The third kappa shape index (κ3) is 6.94. The molecule has 0 radical (unpaired) electrons. The van der Waals surface area contributed by atoms with Crippen molar-refractivity contribution in [1.82, 2.24) is 0 Å². The number of methoxy groups -OCH3 is 2. The standard InChI is InChI=1S/C21H32O7/c1-13(2)7-9-27-20(23)18(21(24)28-10-8-14(3)4)15-11-16(25-5)19(22)17(12-15)26-6/h11-14,18,22H,7-10H2,1-6H3. The third-order valence-corrected chi connectivity index (χ3v) is 4.19. The molecular weight excluding hydrogens is 364 g/mol. The first-order chi connectivity index (χ1) is 13.2. The lowest BCUT2D eigenvalue weighted by Crippen LogP contribution is -2.27. The third-order valence-electron chi connectivity index (χ3n) is 4.19. The lowest BCUT2D eigenvalue weighted by atomic mass is 9.98. The monoisotopic (exact) mass is 396 g/mol. The van der Waals surface area contributed by atoms with Crippen molar-refractivity contribution >= 4 is 11.9 Å². The van der Waals surface area contributed by atoms with E-state index in [0.717, 1.165) is 0 Å². The number of benzene rings is 1. The Labute approximate surface area is 166 Å². The van der Waals surface area contributed by atoms with Crippen LogP contribution in [-0.4, -0.2) is 44.5 Å². The molecule has 28 heavy (non-hydrogen) atoms. The molecule has 1 aromatic carbocycles. The molecule has 158 valence electrons. The molecule has 0 atom stereocenters. The number of rotatable bonds is 11. The van der Waals surface area contributed by atoms with Crippen LogP contribution in [0.2, 0.25) is 0 Å². The lowest BCUT2D eigenvalue weighted by Gasteiger charge is -2.18. The van der Waals surface area contributed by atoms with Crippen molar-refractivity contribution < 1.29 is 33.6 Å². The topological polar surface area (TPSA) is 91.3 Å². The Balaban J connectivity index is 3.15. The van der Waals surface area contributed by atoms with E-state index in [9.17, 15) is 14.7 Å². The van der Waals surface area contributed by atoms with Crippen molar-refractivity contribution in [2.24, 2.45) is 11.8 Å². The molecule has 7 heteroatoms. The number of carbonyl (C=O) groups is 2. The molecule has 0 aliphatic carbocycles. The molecule has 1 N–H and O–H groups in total. The van der Waals surface area contributed by atoms with Gasteiger partial charge in [-0.1, -0.05) is 27.7 Å². The summed E-state index contributed by atoms with van der Waals surface area (Å²) < 4.78 is 20.9. The van der Waals surface area contributed by atoms with Gasteiger partial charge in [0, 0.05) is 0 Å². The van der Waals surface area contributed by atoms with Gasteiger partial charge in [-0.05, 0) is 42.4 Å². The molecule has 0 unspecified atom stereocenters. The van der Waals surface area contributed by atoms with E-state index in [1.807, 2.05) is 27.7 Å². The first kappa shape index (κ1) is 23.6. The summed E-state index contributed by atoms with van der Waals surface area (Å²) in [6, 6.07) is 2.83. The predicted octanol–water partition coefficient (Wildman–Crippen LogP) is 3.67. The van der Waals surface area contributed by atoms with Gasteiger partial charge in [0.15, 0.2) is 17.4 Å². The number of hydrogen-bond acceptors (Lipinski definition) is 7. The summed E-state index contributed by atoms with van der Waals surface area (Å²) in [4.78, 5) is 25.4. The summed E-state index contributed by atoms with van der Waals surface area (Å²) >= 11 is 0. The van der Waals surface area contributed by atoms with Crippen LogP contribution in [0.5, 0.6) is 17.2 Å². The highest BCUT2D eigenvalue weighted by molar-refractivity contribution is 6.01. The zero-order valence-corrected chi connectivity index (χ0v) is 17.6. The maximum atomic E-state index is 12.7. The van der Waals surface area contributed by atoms with Gasteiger partial charge < -0.3 is 24.1 Å². The van der Waals surface area contributed by atoms with Crippen LogP contribution >= 0.6 is 0 Å². The molecule has 0 saturated heterocycles. The minimum absolute atomic E-state index is 0.0873. The maximum Gasteiger partial charge on any atom is 0.324 e. The smallest absolute Gasteiger partial charge is 0.324 e. The number of esters is 2. The number of phenols is 1. The van der Waals surface area contributed by atoms with E-state index < -0.39 is 17.9 Å². The van der Waals surface area contributed by atoms with Gasteiger partial charge >= 0.3 is 11.9 Å². The fourth-order valence-electron chi connectivity index (χ4n) is 2.41. The van der Waals surface area contributed by atoms with Crippen molar-refractivity contribution in [1.29, 1.82) is 0 Å². The van der Waals surface area contributed by atoms with Gasteiger partial charge in [-0.25, -0.2) is 0 Å². The molecule has 7 nitrogen and oxygen atoms in total. The number of carbonyl (C=O) groups excluding carboxylic acids is 2. The lowest BCUT2D eigenvalue weighted by molar-refractivity contribution is -0.157. The van der Waals surface area contributed by atoms with E-state index in [0.29, 0.717) is 24.7 Å². The molecular formula is C21H32O7. The number of phenolic OH excluding ortho intramolecular Hbond substituents is 1. The van der Waals surface area contributed by atoms with Crippen LogP contribution in [-0.2, 0) is 19.1 Å². The summed E-state index contributed by atoms with van der Waals surface area (Å²) in [6.45, 7) is 8.47. The molecule has 0 aromatic heterocycles. The highest BCUT2D eigenvalue weighted by Gasteiger charge is 2.33. The van der Waals surface area contributed by atoms with E-state index in [1.165, 1.54) is 26.4 Å². The molecule has 1 aromatic rings. The van der Waals surface area contributed by atoms with E-state index in [1.54, 1.807) is 0 Å². The van der Waals surface area contributed by atoms with Crippen LogP contribution in [0, 0.1) is 11.8 Å². The minimum Gasteiger partial charge on any atom is -0.502 e. The Bertz CT molecular complexity index is 601. The molecule has 1 rings (SSSR count). The second-order valence-corrected chi connectivity index (χ2v) is 7.41. The van der Waals surface area contributed by atoms with Gasteiger partial charge in [-0.2, -0.15) is 0 Å². The van der Waals surface area contributed by atoms with Crippen molar-refractivity contribution in [3.8, 4) is 17.2 Å². The Morgan fingerprint density at radius 2 is 1.25 bits per heavy atom. The van der Waals surface area contributed by atoms with Crippen LogP contribution in [0.4, 0.5) is 0 Å². The Kier molecular flexibility index (Phi) is 9.62. The van der Waals surface area contributed by atoms with Crippen molar-refractivity contribution in [2.75, 3.05) is 27.4 Å². The second-order valence-electron chi connectivity index (χ2n) is 7.41. The van der Waals surface area contributed by atoms with E-state index in [2.05, 4.69) is 0 Å². The Morgan fingerprint density at radius 1 is 0.857 bits per heavy atom. The predicted molar refractivity (Wildman–Crippen MR) is 105 cm³/mol. The molecule has 0 aliphatic rings. The largest absolute Gasteiger partial charge is 0.502 e. The quantitative estimate of drug-likeness (QED) is 0.451. The maximum absolute atomic E-state index is 12.7. The summed E-state index contributed by atoms with van der Waals surface area (Å²) in [5.74, 6) is -2.02. The Morgan fingerprint density at radius 3 is 1.57 bits per heavy atom. The van der Waals surface area contributed by atoms with E-state index in [4.69, 9.17) is 18.9 Å². The number of ether oxygens (including phenoxy) is 4. The van der Waals surface area contributed by atoms with Gasteiger partial charge in [-0.15, -0.1) is 0 Å². The van der Waals surface area contributed by atoms with Crippen molar-refractivity contribution in [3.05, 3.63) is 17.7 Å². The first-order valence-corrected chi connectivity index (χ1v) is 9.49. The first-order valence-electron chi connectivity index (χ1n) is 9.49. The van der Waals surface area contributed by atoms with Crippen LogP contribution in [0.1, 0.15) is 52.0 Å². The fraction of sp³-hybridized carbons (Fsp3) is 0.619. The van der Waals surface area contributed by atoms with Gasteiger partial charge in [0.05, 0.1) is 27.4 Å². The second kappa shape index (κ2) is 11.4. The summed E-state index contributed by atoms with van der Waals surface area (Å²) in [6.07, 6.45) is 1.37. The molecule has 0 spiro atoms. The average Bonchev–Trinajstić information content (AvgIpc) is 2.62. The molecule has 0 fully saturated rings. The summed E-state index contributed by atoms with van der Waals surface area (Å²) in [5.41, 5.74) is 0.274. The van der Waals surface area contributed by atoms with Gasteiger partial charge in [0.25, 0.3) is 0 Å². The SMILES string of the molecule is COc1cc(C(C(=O)OCCC(C)C)C(=O)OCCC(C)C)cc(OC)c1O. The average molecular weight is 396 g/mol. The molecule has 0 bridgehead atoms. The fourth-order valence-corrected chi connectivity index (χ4v) is 2.41. The molecule has 0 heterocycles. The highest BCUT2D eigenvalue weighted by Crippen LogP contribution is 2.39. The Hall–Kier alpha value is -2.44. The molecule has 0 amide bonds. The van der Waals surface area contributed by atoms with Crippen LogP contribution in [0.3, 0.4) is 0 Å². The zero-order valence-electron chi connectivity index (χ0n) is 17.6. The molecule has 0 aliphatic heterocycles. The van der Waals surface area contributed by atoms with Crippen LogP contribution in [0.15, 0.2) is 12.1 Å². The summed E-state index contributed by atoms with van der Waals surface area (Å²) in [5, 5.41) is 10.1. The van der Waals surface area contributed by atoms with Crippen molar-refractivity contribution in [3.63, 3.8) is 0 Å². The minimum atomic E-state index is -1.29. The molecule has 0 saturated carbocycles. The van der Waals surface area contributed by atoms with Gasteiger partial charge in [0.2, 0.25) is 5.75 Å². The normalized spacial score (nSPS) is 11.0. The van der Waals surface area contributed by atoms with Crippen molar-refractivity contribution in [2.45, 2.75) is 46.5 Å². The highest BCUT2D eigenvalue weighted by atomic mass is 16.6. The van der Waals surface area contributed by atoms with E-state index >= 15 is 0 Å². The zero-order chi connectivity index (χ0) is 21.3. The van der Waals surface area contributed by atoms with Crippen LogP contribution < -0.4 is 9.47 Å². The van der Waals surface area contributed by atoms with E-state index in [-0.39, 0.29) is 36.0 Å².